The molecule has 0 radical (unpaired) electrons. The zero-order chi connectivity index (χ0) is 19.0. The van der Waals surface area contributed by atoms with E-state index in [1.807, 2.05) is 0 Å². The highest BCUT2D eigenvalue weighted by Gasteiger charge is 1.94. The molecular weight excluding hydrogens is 322 g/mol. The van der Waals surface area contributed by atoms with Gasteiger partial charge in [0.25, 0.3) is 0 Å². The van der Waals surface area contributed by atoms with Gasteiger partial charge in [-0.1, -0.05) is 82.8 Å². The van der Waals surface area contributed by atoms with Crippen molar-refractivity contribution in [3.8, 4) is 0 Å². The van der Waals surface area contributed by atoms with Crippen molar-refractivity contribution in [1.29, 1.82) is 0 Å². The molecule has 0 saturated carbocycles. The van der Waals surface area contributed by atoms with Crippen LogP contribution < -0.4 is 5.73 Å². The summed E-state index contributed by atoms with van der Waals surface area (Å²) in [5, 5.41) is 8.70. The van der Waals surface area contributed by atoms with Crippen molar-refractivity contribution in [2.75, 3.05) is 26.4 Å². The third kappa shape index (κ3) is 28.4. The van der Waals surface area contributed by atoms with Gasteiger partial charge in [-0.2, -0.15) is 0 Å². The minimum atomic E-state index is 0.363. The molecule has 0 unspecified atom stereocenters. The van der Waals surface area contributed by atoms with Crippen LogP contribution in [0.5, 0.6) is 0 Å². The van der Waals surface area contributed by atoms with Gasteiger partial charge in [0.1, 0.15) is 0 Å². The second kappa shape index (κ2) is 24.6. The van der Waals surface area contributed by atoms with Crippen molar-refractivity contribution in [1.82, 2.24) is 0 Å². The number of aliphatic hydroxyl groups is 1. The molecule has 0 amide bonds. The van der Waals surface area contributed by atoms with Crippen LogP contribution in [0.3, 0.4) is 0 Å². The first-order valence-electron chi connectivity index (χ1n) is 11.5. The van der Waals surface area contributed by atoms with Crippen LogP contribution in [0.25, 0.3) is 0 Å². The van der Waals surface area contributed by atoms with Crippen LogP contribution in [0.15, 0.2) is 12.2 Å². The summed E-state index contributed by atoms with van der Waals surface area (Å²) in [6.45, 7) is 3.22. The van der Waals surface area contributed by atoms with Crippen molar-refractivity contribution in [3.63, 3.8) is 0 Å². The number of nitrogens with two attached hydrogens (primary N) is 1. The summed E-state index contributed by atoms with van der Waals surface area (Å²) in [6, 6.07) is 0. The Morgan fingerprint density at radius 2 is 0.923 bits per heavy atom. The van der Waals surface area contributed by atoms with Gasteiger partial charge in [-0.3, -0.25) is 0 Å². The highest BCUT2D eigenvalue weighted by atomic mass is 16.6. The number of ether oxygens (including phenoxy) is 1. The van der Waals surface area contributed by atoms with Gasteiger partial charge in [-0.05, 0) is 45.1 Å². The van der Waals surface area contributed by atoms with E-state index in [0.29, 0.717) is 6.61 Å². The van der Waals surface area contributed by atoms with Gasteiger partial charge in [-0.25, -0.2) is 0 Å². The Balaban J connectivity index is 0.00000187. The van der Waals surface area contributed by atoms with E-state index in [1.54, 1.807) is 0 Å². The Kier molecular flexibility index (Phi) is 24.3. The molecule has 3 N–H and O–H groups in total. The number of epoxide rings is 1. The van der Waals surface area contributed by atoms with E-state index in [-0.39, 0.29) is 0 Å². The summed E-state index contributed by atoms with van der Waals surface area (Å²) in [6.07, 6.45) is 27.1. The molecule has 1 aliphatic rings. The van der Waals surface area contributed by atoms with E-state index in [4.69, 9.17) is 10.8 Å². The Morgan fingerprint density at radius 1 is 0.577 bits per heavy atom. The van der Waals surface area contributed by atoms with Gasteiger partial charge in [0, 0.05) is 6.61 Å². The standard InChI is InChI=1S/C21H43NO.C2H4O/c22-20-18-16-14-12-10-8-6-4-2-1-3-5-7-9-11-13-15-17-19-21-23;1-2-3-1/h2,4,23H,1,3,5-22H2;1-2H2. The van der Waals surface area contributed by atoms with Gasteiger partial charge < -0.3 is 15.6 Å². The van der Waals surface area contributed by atoms with Gasteiger partial charge >= 0.3 is 0 Å². The van der Waals surface area contributed by atoms with Crippen molar-refractivity contribution in [3.05, 3.63) is 12.2 Å². The maximum Gasteiger partial charge on any atom is 0.0701 e. The fourth-order valence-electron chi connectivity index (χ4n) is 2.96. The normalized spacial score (nSPS) is 13.0. The molecule has 26 heavy (non-hydrogen) atoms. The zero-order valence-electron chi connectivity index (χ0n) is 17.4. The lowest BCUT2D eigenvalue weighted by atomic mass is 10.1. The number of hydrogen-bond acceptors (Lipinski definition) is 3. The monoisotopic (exact) mass is 369 g/mol. The lowest BCUT2D eigenvalue weighted by Crippen LogP contribution is -1.97. The Morgan fingerprint density at radius 3 is 1.27 bits per heavy atom. The first-order valence-corrected chi connectivity index (χ1v) is 11.5. The Labute approximate surface area is 163 Å². The fourth-order valence-corrected chi connectivity index (χ4v) is 2.96. The first-order chi connectivity index (χ1) is 12.9. The van der Waals surface area contributed by atoms with Crippen molar-refractivity contribution >= 4 is 0 Å². The molecule has 0 aromatic heterocycles. The molecule has 156 valence electrons. The number of allylic oxidation sites excluding steroid dienone is 2. The Hall–Kier alpha value is -0.380. The molecule has 0 aromatic carbocycles. The average molecular weight is 370 g/mol. The summed E-state index contributed by atoms with van der Waals surface area (Å²) < 4.78 is 4.50. The predicted octanol–water partition coefficient (Wildman–Crippen LogP) is 6.14. The number of rotatable bonds is 19. The molecule has 0 aromatic rings. The molecule has 3 heteroatoms. The molecule has 1 saturated heterocycles. The summed E-state index contributed by atoms with van der Waals surface area (Å²) in [7, 11) is 0. The average Bonchev–Trinajstić information content (AvgIpc) is 3.53. The highest BCUT2D eigenvalue weighted by Crippen LogP contribution is 2.11. The maximum atomic E-state index is 8.70. The van der Waals surface area contributed by atoms with E-state index in [1.165, 1.54) is 103 Å². The fraction of sp³-hybridized carbons (Fsp3) is 0.913. The van der Waals surface area contributed by atoms with Crippen LogP contribution >= 0.6 is 0 Å². The van der Waals surface area contributed by atoms with Crippen LogP contribution in [0.4, 0.5) is 0 Å². The second-order valence-electron chi connectivity index (χ2n) is 7.48. The first kappa shape index (κ1) is 25.6. The van der Waals surface area contributed by atoms with Crippen molar-refractivity contribution in [2.24, 2.45) is 5.73 Å². The Bertz CT molecular complexity index is 264. The minimum Gasteiger partial charge on any atom is -0.396 e. The van der Waals surface area contributed by atoms with Crippen LogP contribution in [-0.2, 0) is 4.74 Å². The second-order valence-corrected chi connectivity index (χ2v) is 7.48. The quantitative estimate of drug-likeness (QED) is 0.163. The van der Waals surface area contributed by atoms with Crippen molar-refractivity contribution < 1.29 is 9.84 Å². The lowest BCUT2D eigenvalue weighted by Gasteiger charge is -2.01. The summed E-state index contributed by atoms with van der Waals surface area (Å²) in [4.78, 5) is 0. The topological polar surface area (TPSA) is 58.8 Å². The zero-order valence-corrected chi connectivity index (χ0v) is 17.4. The molecule has 1 heterocycles. The van der Waals surface area contributed by atoms with E-state index in [9.17, 15) is 0 Å². The van der Waals surface area contributed by atoms with Gasteiger partial charge in [-0.15, -0.1) is 0 Å². The van der Waals surface area contributed by atoms with Crippen LogP contribution in [0, 0.1) is 0 Å². The summed E-state index contributed by atoms with van der Waals surface area (Å²) in [5.74, 6) is 0. The highest BCUT2D eigenvalue weighted by molar-refractivity contribution is 4.81. The largest absolute Gasteiger partial charge is 0.396 e. The maximum absolute atomic E-state index is 8.70. The van der Waals surface area contributed by atoms with Gasteiger partial charge in [0.15, 0.2) is 0 Å². The van der Waals surface area contributed by atoms with Crippen LogP contribution in [0.2, 0.25) is 0 Å². The predicted molar refractivity (Wildman–Crippen MR) is 115 cm³/mol. The van der Waals surface area contributed by atoms with E-state index in [0.717, 1.165) is 26.2 Å². The third-order valence-corrected chi connectivity index (χ3v) is 4.72. The molecule has 1 aliphatic heterocycles. The molecule has 3 nitrogen and oxygen atoms in total. The smallest absolute Gasteiger partial charge is 0.0701 e. The number of hydrogen-bond donors (Lipinski definition) is 2. The number of unbranched alkanes of at least 4 members (excludes halogenated alkanes) is 15. The van der Waals surface area contributed by atoms with E-state index >= 15 is 0 Å². The number of aliphatic hydroxyl groups excluding tert-OH is 1. The third-order valence-electron chi connectivity index (χ3n) is 4.72. The van der Waals surface area contributed by atoms with Gasteiger partial charge in [0.05, 0.1) is 13.2 Å². The molecule has 0 aliphatic carbocycles. The molecule has 1 fully saturated rings. The van der Waals surface area contributed by atoms with Gasteiger partial charge in [0.2, 0.25) is 0 Å². The minimum absolute atomic E-state index is 0.363. The van der Waals surface area contributed by atoms with Crippen LogP contribution in [0.1, 0.15) is 109 Å². The molecule has 0 bridgehead atoms. The van der Waals surface area contributed by atoms with E-state index < -0.39 is 0 Å². The molecule has 0 atom stereocenters. The summed E-state index contributed by atoms with van der Waals surface area (Å²) in [5.41, 5.74) is 5.49. The SMILES string of the molecule is C1CO1.NCCCCCCCCC=CCCCCCCCCCCCO. The van der Waals surface area contributed by atoms with Crippen molar-refractivity contribution in [2.45, 2.75) is 109 Å². The molecule has 0 spiro atoms. The lowest BCUT2D eigenvalue weighted by molar-refractivity contribution is 0.282. The van der Waals surface area contributed by atoms with E-state index in [2.05, 4.69) is 16.9 Å². The summed E-state index contributed by atoms with van der Waals surface area (Å²) >= 11 is 0. The molecular formula is C23H47NO2. The van der Waals surface area contributed by atoms with Crippen LogP contribution in [-0.4, -0.2) is 31.5 Å². The molecule has 1 rings (SSSR count).